The van der Waals surface area contributed by atoms with E-state index in [0.29, 0.717) is 5.75 Å². The number of aromatic nitrogens is 1. The molecule has 3 nitrogen and oxygen atoms in total. The molecule has 0 saturated heterocycles. The molecule has 9 heavy (non-hydrogen) atoms. The molecule has 3 heteroatoms. The van der Waals surface area contributed by atoms with Gasteiger partial charge in [0, 0.05) is 12.4 Å². The lowest BCUT2D eigenvalue weighted by molar-refractivity contribution is 0.569. The Morgan fingerprint density at radius 3 is 2.67 bits per heavy atom. The van der Waals surface area contributed by atoms with Crippen molar-refractivity contribution in [2.24, 2.45) is 0 Å². The van der Waals surface area contributed by atoms with Crippen LogP contribution in [-0.2, 0) is 0 Å². The van der Waals surface area contributed by atoms with Crippen LogP contribution in [0.2, 0.25) is 0 Å². The third kappa shape index (κ3) is 1.53. The average molecular weight is 122 g/mol. The van der Waals surface area contributed by atoms with Gasteiger partial charge >= 0.3 is 0 Å². The molecule has 1 N–H and O–H groups in total. The maximum absolute atomic E-state index is 6.57. The molecule has 0 aliphatic carbocycles. The van der Waals surface area contributed by atoms with Gasteiger partial charge in [0.15, 0.2) is 6.40 Å². The van der Waals surface area contributed by atoms with E-state index in [9.17, 15) is 0 Å². The fraction of sp³-hybridized carbons (Fsp3) is 0. The summed E-state index contributed by atoms with van der Waals surface area (Å²) in [5.41, 5.74) is 0. The molecule has 0 aliphatic rings. The standard InChI is InChI=1S/C6H6N2O/c7-5-9-6-1-3-8-4-2-6/h1-5,7H. The highest BCUT2D eigenvalue weighted by atomic mass is 16.5. The van der Waals surface area contributed by atoms with Crippen molar-refractivity contribution in [3.05, 3.63) is 24.5 Å². The van der Waals surface area contributed by atoms with Crippen molar-refractivity contribution in [2.75, 3.05) is 0 Å². The number of rotatable bonds is 2. The summed E-state index contributed by atoms with van der Waals surface area (Å²) in [6.07, 6.45) is 4.10. The van der Waals surface area contributed by atoms with E-state index in [2.05, 4.69) is 4.98 Å². The molecule has 0 saturated carbocycles. The highest BCUT2D eigenvalue weighted by Gasteiger charge is 1.83. The predicted octanol–water partition coefficient (Wildman–Crippen LogP) is 1.07. The summed E-state index contributed by atoms with van der Waals surface area (Å²) in [6, 6.07) is 3.37. The van der Waals surface area contributed by atoms with Crippen LogP contribution in [-0.4, -0.2) is 11.4 Å². The molecule has 1 rings (SSSR count). The quantitative estimate of drug-likeness (QED) is 0.471. The van der Waals surface area contributed by atoms with Gasteiger partial charge in [-0.1, -0.05) is 0 Å². The van der Waals surface area contributed by atoms with Crippen molar-refractivity contribution < 1.29 is 4.74 Å². The summed E-state index contributed by atoms with van der Waals surface area (Å²) < 4.78 is 4.71. The van der Waals surface area contributed by atoms with Gasteiger partial charge in [-0.25, -0.2) is 0 Å². The Labute approximate surface area is 52.8 Å². The van der Waals surface area contributed by atoms with Crippen LogP contribution in [0.4, 0.5) is 0 Å². The third-order valence-corrected chi connectivity index (χ3v) is 0.845. The second-order valence-electron chi connectivity index (χ2n) is 1.42. The lowest BCUT2D eigenvalue weighted by Crippen LogP contribution is -1.86. The maximum atomic E-state index is 6.57. The topological polar surface area (TPSA) is 46.0 Å². The highest BCUT2D eigenvalue weighted by molar-refractivity contribution is 5.47. The Bertz CT molecular complexity index is 186. The van der Waals surface area contributed by atoms with Crippen LogP contribution in [0, 0.1) is 5.41 Å². The first-order chi connectivity index (χ1) is 4.43. The highest BCUT2D eigenvalue weighted by Crippen LogP contribution is 2.03. The van der Waals surface area contributed by atoms with E-state index in [-0.39, 0.29) is 0 Å². The smallest absolute Gasteiger partial charge is 0.173 e. The molecule has 46 valence electrons. The van der Waals surface area contributed by atoms with Crippen molar-refractivity contribution in [2.45, 2.75) is 0 Å². The Hall–Kier alpha value is -1.38. The summed E-state index contributed by atoms with van der Waals surface area (Å²) in [7, 11) is 0. The number of ether oxygens (including phenoxy) is 1. The number of hydrogen-bond acceptors (Lipinski definition) is 3. The fourth-order valence-electron chi connectivity index (χ4n) is 0.485. The second-order valence-corrected chi connectivity index (χ2v) is 1.42. The largest absolute Gasteiger partial charge is 0.446 e. The summed E-state index contributed by atoms with van der Waals surface area (Å²) in [6.45, 7) is 0. The molecule has 0 bridgehead atoms. The Morgan fingerprint density at radius 2 is 2.11 bits per heavy atom. The van der Waals surface area contributed by atoms with Crippen molar-refractivity contribution >= 4 is 6.40 Å². The minimum Gasteiger partial charge on any atom is -0.446 e. The van der Waals surface area contributed by atoms with Crippen LogP contribution in [0.25, 0.3) is 0 Å². The van der Waals surface area contributed by atoms with E-state index >= 15 is 0 Å². The molecule has 0 fully saturated rings. The lowest BCUT2D eigenvalue weighted by atomic mass is 10.5. The van der Waals surface area contributed by atoms with E-state index in [1.54, 1.807) is 24.5 Å². The molecule has 1 aromatic rings. The SMILES string of the molecule is N=COc1ccncc1. The van der Waals surface area contributed by atoms with E-state index in [1.165, 1.54) is 0 Å². The zero-order valence-electron chi connectivity index (χ0n) is 4.74. The molecule has 0 spiro atoms. The lowest BCUT2D eigenvalue weighted by Gasteiger charge is -1.93. The minimum absolute atomic E-state index is 0.639. The van der Waals surface area contributed by atoms with Crippen molar-refractivity contribution in [1.29, 1.82) is 5.41 Å². The van der Waals surface area contributed by atoms with E-state index in [0.717, 1.165) is 6.40 Å². The number of pyridine rings is 1. The van der Waals surface area contributed by atoms with Gasteiger partial charge in [0.2, 0.25) is 0 Å². The predicted molar refractivity (Wildman–Crippen MR) is 33.6 cm³/mol. The van der Waals surface area contributed by atoms with Gasteiger partial charge in [0.05, 0.1) is 0 Å². The fourth-order valence-corrected chi connectivity index (χ4v) is 0.485. The monoisotopic (exact) mass is 122 g/mol. The molecule has 0 radical (unpaired) electrons. The van der Waals surface area contributed by atoms with Gasteiger partial charge in [-0.2, -0.15) is 0 Å². The molecular weight excluding hydrogens is 116 g/mol. The summed E-state index contributed by atoms with van der Waals surface area (Å²) in [5.74, 6) is 0.639. The maximum Gasteiger partial charge on any atom is 0.173 e. The van der Waals surface area contributed by atoms with Crippen LogP contribution < -0.4 is 4.74 Å². The minimum atomic E-state index is 0.639. The van der Waals surface area contributed by atoms with E-state index in [1.807, 2.05) is 0 Å². The van der Waals surface area contributed by atoms with Crippen molar-refractivity contribution in [1.82, 2.24) is 4.98 Å². The zero-order chi connectivity index (χ0) is 6.53. The Balaban J connectivity index is 2.72. The average Bonchev–Trinajstić information content (AvgIpc) is 1.91. The van der Waals surface area contributed by atoms with Gasteiger partial charge in [0.25, 0.3) is 0 Å². The van der Waals surface area contributed by atoms with E-state index in [4.69, 9.17) is 10.1 Å². The second kappa shape index (κ2) is 2.81. The molecule has 0 unspecified atom stereocenters. The zero-order valence-corrected chi connectivity index (χ0v) is 4.74. The molecule has 0 aliphatic heterocycles. The van der Waals surface area contributed by atoms with Crippen LogP contribution in [0.5, 0.6) is 5.75 Å². The Kier molecular flexibility index (Phi) is 1.80. The normalized spacial score (nSPS) is 8.44. The number of nitrogens with zero attached hydrogens (tertiary/aromatic N) is 1. The van der Waals surface area contributed by atoms with Crippen LogP contribution in [0.15, 0.2) is 24.5 Å². The van der Waals surface area contributed by atoms with Crippen molar-refractivity contribution in [3.63, 3.8) is 0 Å². The van der Waals surface area contributed by atoms with Crippen LogP contribution in [0.1, 0.15) is 0 Å². The molecule has 1 heterocycles. The number of hydrogen-bond donors (Lipinski definition) is 1. The Morgan fingerprint density at radius 1 is 1.44 bits per heavy atom. The molecule has 0 aromatic carbocycles. The first-order valence-corrected chi connectivity index (χ1v) is 2.49. The van der Waals surface area contributed by atoms with Gasteiger partial charge < -0.3 is 4.74 Å². The summed E-state index contributed by atoms with van der Waals surface area (Å²) >= 11 is 0. The van der Waals surface area contributed by atoms with Gasteiger partial charge in [0.1, 0.15) is 5.75 Å². The van der Waals surface area contributed by atoms with E-state index < -0.39 is 0 Å². The number of nitrogens with one attached hydrogen (secondary N) is 1. The summed E-state index contributed by atoms with van der Waals surface area (Å²) in [4.78, 5) is 3.77. The first kappa shape index (κ1) is 5.75. The molecular formula is C6H6N2O. The summed E-state index contributed by atoms with van der Waals surface area (Å²) in [5, 5.41) is 6.57. The molecule has 1 aromatic heterocycles. The van der Waals surface area contributed by atoms with Crippen LogP contribution in [0.3, 0.4) is 0 Å². The first-order valence-electron chi connectivity index (χ1n) is 2.49. The van der Waals surface area contributed by atoms with Gasteiger partial charge in [-0.05, 0) is 12.1 Å². The third-order valence-electron chi connectivity index (χ3n) is 0.845. The molecule has 0 atom stereocenters. The van der Waals surface area contributed by atoms with Crippen LogP contribution >= 0.6 is 0 Å². The van der Waals surface area contributed by atoms with Gasteiger partial charge in [-0.15, -0.1) is 0 Å². The van der Waals surface area contributed by atoms with Crippen molar-refractivity contribution in [3.8, 4) is 5.75 Å². The molecule has 0 amide bonds. The van der Waals surface area contributed by atoms with Gasteiger partial charge in [-0.3, -0.25) is 10.4 Å².